The van der Waals surface area contributed by atoms with E-state index < -0.39 is 0 Å². The Hall–Kier alpha value is -1.53. The van der Waals surface area contributed by atoms with E-state index in [1.165, 1.54) is 18.4 Å². The van der Waals surface area contributed by atoms with Crippen molar-refractivity contribution in [2.45, 2.75) is 39.3 Å². The molecule has 0 aliphatic carbocycles. The molecule has 0 radical (unpaired) electrons. The third-order valence-electron chi connectivity index (χ3n) is 2.58. The Morgan fingerprint density at radius 2 is 2.29 bits per heavy atom. The summed E-state index contributed by atoms with van der Waals surface area (Å²) in [6.07, 6.45) is 2.38. The van der Waals surface area contributed by atoms with Gasteiger partial charge in [-0.1, -0.05) is 25.5 Å². The molecule has 0 aliphatic heterocycles. The molecule has 0 saturated carbocycles. The molecule has 0 saturated heterocycles. The van der Waals surface area contributed by atoms with Crippen LogP contribution in [0.3, 0.4) is 0 Å². The smallest absolute Gasteiger partial charge is 0.174 e. The molecule has 0 fully saturated rings. The molecular weight excluding hydrogens is 212 g/mol. The molecule has 0 aromatic heterocycles. The second-order valence-electron chi connectivity index (χ2n) is 4.16. The van der Waals surface area contributed by atoms with Crippen LogP contribution in [0.25, 0.3) is 0 Å². The maximum atomic E-state index is 8.44. The van der Waals surface area contributed by atoms with Gasteiger partial charge in [0.2, 0.25) is 0 Å². The van der Waals surface area contributed by atoms with Crippen LogP contribution in [0.2, 0.25) is 0 Å². The first-order valence-corrected chi connectivity index (χ1v) is 6.08. The Kier molecular flexibility index (Phi) is 6.13. The zero-order valence-electron chi connectivity index (χ0n) is 10.6. The molecule has 92 valence electrons. The van der Waals surface area contributed by atoms with Crippen molar-refractivity contribution in [2.75, 3.05) is 6.61 Å². The summed E-state index contributed by atoms with van der Waals surface area (Å²) in [4.78, 5) is 0. The van der Waals surface area contributed by atoms with E-state index in [-0.39, 0.29) is 6.61 Å². The van der Waals surface area contributed by atoms with Gasteiger partial charge in [-0.15, -0.1) is 0 Å². The largest absolute Gasteiger partial charge is 0.479 e. The Morgan fingerprint density at radius 1 is 1.47 bits per heavy atom. The molecule has 17 heavy (non-hydrogen) atoms. The fraction of sp³-hybridized carbons (Fsp3) is 0.500. The Bertz CT molecular complexity index is 371. The second-order valence-corrected chi connectivity index (χ2v) is 4.16. The summed E-state index contributed by atoms with van der Waals surface area (Å²) in [6, 6.07) is 10.4. The lowest BCUT2D eigenvalue weighted by molar-refractivity contribution is 0.367. The van der Waals surface area contributed by atoms with Crippen molar-refractivity contribution < 1.29 is 4.74 Å². The number of nitrogens with one attached hydrogen (secondary N) is 1. The lowest BCUT2D eigenvalue weighted by atomic mass is 10.1. The average molecular weight is 232 g/mol. The number of rotatable bonds is 7. The van der Waals surface area contributed by atoms with Crippen molar-refractivity contribution in [3.05, 3.63) is 29.8 Å². The van der Waals surface area contributed by atoms with Crippen LogP contribution in [0.5, 0.6) is 5.75 Å². The number of ether oxygens (including phenoxy) is 1. The normalized spacial score (nSPS) is 11.8. The van der Waals surface area contributed by atoms with Crippen molar-refractivity contribution in [1.82, 2.24) is 5.32 Å². The van der Waals surface area contributed by atoms with E-state index in [1.807, 2.05) is 24.3 Å². The van der Waals surface area contributed by atoms with Crippen molar-refractivity contribution in [3.63, 3.8) is 0 Å². The van der Waals surface area contributed by atoms with Crippen molar-refractivity contribution in [2.24, 2.45) is 0 Å². The summed E-state index contributed by atoms with van der Waals surface area (Å²) in [5.41, 5.74) is 1.18. The molecule has 0 heterocycles. The highest BCUT2D eigenvalue weighted by molar-refractivity contribution is 5.28. The number of hydrogen-bond acceptors (Lipinski definition) is 3. The number of nitrogens with zero attached hydrogens (tertiary/aromatic N) is 1. The summed E-state index contributed by atoms with van der Waals surface area (Å²) in [7, 11) is 0. The van der Waals surface area contributed by atoms with E-state index in [0.717, 1.165) is 12.3 Å². The summed E-state index contributed by atoms with van der Waals surface area (Å²) in [5.74, 6) is 0.758. The van der Waals surface area contributed by atoms with Crippen LogP contribution in [-0.2, 0) is 6.54 Å². The monoisotopic (exact) mass is 232 g/mol. The van der Waals surface area contributed by atoms with Gasteiger partial charge in [0, 0.05) is 12.6 Å². The number of benzene rings is 1. The van der Waals surface area contributed by atoms with Crippen molar-refractivity contribution in [3.8, 4) is 11.8 Å². The molecule has 1 aromatic carbocycles. The van der Waals surface area contributed by atoms with Crippen LogP contribution in [0.4, 0.5) is 0 Å². The van der Waals surface area contributed by atoms with Crippen LogP contribution in [0.15, 0.2) is 24.3 Å². The Balaban J connectivity index is 2.45. The highest BCUT2D eigenvalue weighted by atomic mass is 16.5. The van der Waals surface area contributed by atoms with Gasteiger partial charge in [-0.05, 0) is 31.0 Å². The fourth-order valence-corrected chi connectivity index (χ4v) is 1.69. The van der Waals surface area contributed by atoms with Gasteiger partial charge in [0.15, 0.2) is 6.61 Å². The minimum absolute atomic E-state index is 0.100. The first-order valence-electron chi connectivity index (χ1n) is 6.08. The van der Waals surface area contributed by atoms with Gasteiger partial charge in [-0.3, -0.25) is 0 Å². The minimum Gasteiger partial charge on any atom is -0.479 e. The highest BCUT2D eigenvalue weighted by Gasteiger charge is 2.01. The topological polar surface area (TPSA) is 45.0 Å². The molecule has 1 rings (SSSR count). The second kappa shape index (κ2) is 7.70. The molecule has 3 heteroatoms. The van der Waals surface area contributed by atoms with Gasteiger partial charge in [-0.2, -0.15) is 5.26 Å². The van der Waals surface area contributed by atoms with Gasteiger partial charge in [0.1, 0.15) is 11.8 Å². The van der Waals surface area contributed by atoms with E-state index in [9.17, 15) is 0 Å². The Morgan fingerprint density at radius 3 is 3.00 bits per heavy atom. The fourth-order valence-electron chi connectivity index (χ4n) is 1.69. The molecule has 0 spiro atoms. The third kappa shape index (κ3) is 5.37. The summed E-state index contributed by atoms with van der Waals surface area (Å²) >= 11 is 0. The predicted molar refractivity (Wildman–Crippen MR) is 68.8 cm³/mol. The molecular formula is C14H20N2O. The van der Waals surface area contributed by atoms with Gasteiger partial charge in [0.25, 0.3) is 0 Å². The van der Waals surface area contributed by atoms with Gasteiger partial charge in [0.05, 0.1) is 0 Å². The van der Waals surface area contributed by atoms with E-state index in [0.29, 0.717) is 6.04 Å². The van der Waals surface area contributed by atoms with Crippen molar-refractivity contribution >= 4 is 0 Å². The molecule has 1 unspecified atom stereocenters. The first-order chi connectivity index (χ1) is 8.26. The van der Waals surface area contributed by atoms with E-state index >= 15 is 0 Å². The lowest BCUT2D eigenvalue weighted by Crippen LogP contribution is -2.25. The number of hydrogen-bond donors (Lipinski definition) is 1. The van der Waals surface area contributed by atoms with Crippen LogP contribution in [0, 0.1) is 11.3 Å². The molecule has 0 amide bonds. The maximum absolute atomic E-state index is 8.44. The van der Waals surface area contributed by atoms with E-state index in [4.69, 9.17) is 10.00 Å². The Labute approximate surface area is 103 Å². The maximum Gasteiger partial charge on any atom is 0.174 e. The minimum atomic E-state index is 0.100. The van der Waals surface area contributed by atoms with E-state index in [1.54, 1.807) is 0 Å². The van der Waals surface area contributed by atoms with Crippen LogP contribution in [-0.4, -0.2) is 12.6 Å². The van der Waals surface area contributed by atoms with Gasteiger partial charge >= 0.3 is 0 Å². The first kappa shape index (κ1) is 13.5. The van der Waals surface area contributed by atoms with Gasteiger partial charge in [-0.25, -0.2) is 0 Å². The summed E-state index contributed by atoms with van der Waals surface area (Å²) < 4.78 is 5.26. The quantitative estimate of drug-likeness (QED) is 0.786. The molecule has 0 aliphatic rings. The standard InChI is InChI=1S/C14H20N2O/c1-3-5-12(2)16-11-13-6-4-7-14(10-13)17-9-8-15/h4,6-7,10,12,16H,3,5,9,11H2,1-2H3. The molecule has 1 aromatic rings. The third-order valence-corrected chi connectivity index (χ3v) is 2.58. The van der Waals surface area contributed by atoms with Crippen LogP contribution < -0.4 is 10.1 Å². The van der Waals surface area contributed by atoms with Crippen LogP contribution >= 0.6 is 0 Å². The highest BCUT2D eigenvalue weighted by Crippen LogP contribution is 2.13. The van der Waals surface area contributed by atoms with Crippen LogP contribution in [0.1, 0.15) is 32.3 Å². The lowest BCUT2D eigenvalue weighted by Gasteiger charge is -2.13. The molecule has 1 N–H and O–H groups in total. The average Bonchev–Trinajstić information content (AvgIpc) is 2.35. The van der Waals surface area contributed by atoms with Crippen molar-refractivity contribution in [1.29, 1.82) is 5.26 Å². The summed E-state index contributed by atoms with van der Waals surface area (Å²) in [6.45, 7) is 5.32. The molecule has 1 atom stereocenters. The SMILES string of the molecule is CCCC(C)NCc1cccc(OCC#N)c1. The zero-order chi connectivity index (χ0) is 12.5. The molecule has 3 nitrogen and oxygen atoms in total. The zero-order valence-corrected chi connectivity index (χ0v) is 10.6. The predicted octanol–water partition coefficient (Wildman–Crippen LogP) is 2.87. The molecule has 0 bridgehead atoms. The van der Waals surface area contributed by atoms with E-state index in [2.05, 4.69) is 25.2 Å². The number of nitriles is 1. The summed E-state index contributed by atoms with van der Waals surface area (Å²) in [5, 5.41) is 11.9. The van der Waals surface area contributed by atoms with Gasteiger partial charge < -0.3 is 10.1 Å².